The quantitative estimate of drug-likeness (QED) is 0.680. The van der Waals surface area contributed by atoms with E-state index in [1.807, 2.05) is 70.5 Å². The Kier molecular flexibility index (Phi) is 8.03. The molecule has 8 heteroatoms. The van der Waals surface area contributed by atoms with E-state index in [2.05, 4.69) is 10.6 Å². The zero-order valence-electron chi connectivity index (χ0n) is 20.7. The number of fused-ring (bicyclic) bond motifs is 2. The van der Waals surface area contributed by atoms with Gasteiger partial charge in [-0.15, -0.1) is 0 Å². The van der Waals surface area contributed by atoms with Gasteiger partial charge < -0.3 is 29.9 Å². The van der Waals surface area contributed by atoms with E-state index < -0.39 is 0 Å². The minimum atomic E-state index is -0.171. The van der Waals surface area contributed by atoms with Crippen LogP contribution in [0.25, 0.3) is 0 Å². The highest BCUT2D eigenvalue weighted by atomic mass is 16.6. The van der Waals surface area contributed by atoms with E-state index in [1.165, 1.54) is 0 Å². The van der Waals surface area contributed by atoms with Crippen LogP contribution in [0.4, 0.5) is 9.59 Å². The van der Waals surface area contributed by atoms with Crippen LogP contribution in [0.2, 0.25) is 0 Å². The number of hydrogen-bond acceptors (Lipinski definition) is 6. The Morgan fingerprint density at radius 1 is 0.667 bits per heavy atom. The average molecular weight is 493 g/mol. The van der Waals surface area contributed by atoms with Crippen LogP contribution >= 0.6 is 0 Å². The standard InChI is InChI=1S/2C14H18N2O2/c2*17-14(18-10-11-4-2-1-3-5-11)16-9-7-12-13(16)6-8-15-12/h2*1-5,12-13,15H,6-10H2/t2*12-,13-/m10/s1. The normalized spacial score (nSPS) is 26.1. The summed E-state index contributed by atoms with van der Waals surface area (Å²) in [7, 11) is 0. The van der Waals surface area contributed by atoms with Crippen molar-refractivity contribution in [3.63, 3.8) is 0 Å². The van der Waals surface area contributed by atoms with Gasteiger partial charge in [-0.3, -0.25) is 0 Å². The summed E-state index contributed by atoms with van der Waals surface area (Å²) in [4.78, 5) is 27.8. The maximum Gasteiger partial charge on any atom is 0.410 e. The van der Waals surface area contributed by atoms with Crippen LogP contribution in [0.15, 0.2) is 60.7 Å². The van der Waals surface area contributed by atoms with Gasteiger partial charge in [-0.25, -0.2) is 9.59 Å². The molecule has 36 heavy (non-hydrogen) atoms. The summed E-state index contributed by atoms with van der Waals surface area (Å²) in [6.45, 7) is 4.38. The molecule has 0 aromatic heterocycles. The second-order valence-corrected chi connectivity index (χ2v) is 9.88. The van der Waals surface area contributed by atoms with Gasteiger partial charge >= 0.3 is 12.2 Å². The zero-order chi connectivity index (χ0) is 24.7. The van der Waals surface area contributed by atoms with Crippen molar-refractivity contribution < 1.29 is 19.1 Å². The number of nitrogens with zero attached hydrogens (tertiary/aromatic N) is 2. The van der Waals surface area contributed by atoms with E-state index in [0.29, 0.717) is 37.4 Å². The van der Waals surface area contributed by atoms with Crippen molar-refractivity contribution in [3.8, 4) is 0 Å². The molecule has 0 radical (unpaired) electrons. The Balaban J connectivity index is 0.000000148. The molecule has 4 heterocycles. The van der Waals surface area contributed by atoms with E-state index in [0.717, 1.165) is 63.0 Å². The fourth-order valence-corrected chi connectivity index (χ4v) is 5.79. The third kappa shape index (κ3) is 5.82. The highest BCUT2D eigenvalue weighted by molar-refractivity contribution is 5.69. The Bertz CT molecular complexity index is 924. The van der Waals surface area contributed by atoms with Gasteiger partial charge in [0.2, 0.25) is 0 Å². The summed E-state index contributed by atoms with van der Waals surface area (Å²) in [5.74, 6) is 0. The maximum atomic E-state index is 12.0. The van der Waals surface area contributed by atoms with E-state index in [4.69, 9.17) is 9.47 Å². The molecule has 6 rings (SSSR count). The molecular weight excluding hydrogens is 456 g/mol. The lowest BCUT2D eigenvalue weighted by Gasteiger charge is -2.22. The van der Waals surface area contributed by atoms with Gasteiger partial charge in [0.15, 0.2) is 0 Å². The van der Waals surface area contributed by atoms with Gasteiger partial charge in [-0.2, -0.15) is 0 Å². The van der Waals surface area contributed by atoms with E-state index in [1.54, 1.807) is 0 Å². The van der Waals surface area contributed by atoms with Crippen molar-refractivity contribution in [2.24, 2.45) is 0 Å². The Morgan fingerprint density at radius 3 is 1.50 bits per heavy atom. The summed E-state index contributed by atoms with van der Waals surface area (Å²) in [6, 6.07) is 21.3. The lowest BCUT2D eigenvalue weighted by atomic mass is 10.1. The fraction of sp³-hybridized carbons (Fsp3) is 0.500. The number of benzene rings is 2. The van der Waals surface area contributed by atoms with Crippen molar-refractivity contribution in [2.75, 3.05) is 26.2 Å². The molecule has 2 aromatic carbocycles. The Morgan fingerprint density at radius 2 is 1.08 bits per heavy atom. The minimum Gasteiger partial charge on any atom is -0.445 e. The SMILES string of the molecule is O=C(OCc1ccccc1)N1CC[C@@H]2NCC[C@@H]21.O=C(OCc1ccccc1)N1CC[C@H]2NCC[C@H]21. The molecule has 2 amide bonds. The lowest BCUT2D eigenvalue weighted by molar-refractivity contribution is 0.0915. The Labute approximate surface area is 212 Å². The molecule has 192 valence electrons. The van der Waals surface area contributed by atoms with Crippen LogP contribution in [-0.4, -0.2) is 72.3 Å². The number of ether oxygens (including phenoxy) is 2. The smallest absolute Gasteiger partial charge is 0.410 e. The second kappa shape index (κ2) is 11.8. The number of hydrogen-bond donors (Lipinski definition) is 2. The Hall–Kier alpha value is -3.10. The average Bonchev–Trinajstić information content (AvgIpc) is 3.70. The van der Waals surface area contributed by atoms with E-state index >= 15 is 0 Å². The molecular formula is C28H36N4O4. The minimum absolute atomic E-state index is 0.171. The molecule has 4 aliphatic heterocycles. The molecule has 4 fully saturated rings. The predicted octanol–water partition coefficient (Wildman–Crippen LogP) is 3.52. The first kappa shape index (κ1) is 24.6. The number of amides is 2. The van der Waals surface area contributed by atoms with Gasteiger partial charge in [0.25, 0.3) is 0 Å². The van der Waals surface area contributed by atoms with Gasteiger partial charge in [-0.05, 0) is 49.9 Å². The third-order valence-electron chi connectivity index (χ3n) is 7.66. The van der Waals surface area contributed by atoms with Crippen LogP contribution in [0.1, 0.15) is 36.8 Å². The van der Waals surface area contributed by atoms with Crippen molar-refractivity contribution in [1.29, 1.82) is 0 Å². The fourth-order valence-electron chi connectivity index (χ4n) is 5.79. The van der Waals surface area contributed by atoms with Crippen LogP contribution in [0.3, 0.4) is 0 Å². The van der Waals surface area contributed by atoms with Gasteiger partial charge in [-0.1, -0.05) is 60.7 Å². The van der Waals surface area contributed by atoms with Crippen molar-refractivity contribution in [3.05, 3.63) is 71.8 Å². The molecule has 8 nitrogen and oxygen atoms in total. The van der Waals surface area contributed by atoms with Gasteiger partial charge in [0.05, 0.1) is 12.1 Å². The van der Waals surface area contributed by atoms with Crippen molar-refractivity contribution >= 4 is 12.2 Å². The highest BCUT2D eigenvalue weighted by Gasteiger charge is 2.41. The van der Waals surface area contributed by atoms with Crippen LogP contribution in [0, 0.1) is 0 Å². The summed E-state index contributed by atoms with van der Waals surface area (Å²) in [5.41, 5.74) is 2.07. The number of rotatable bonds is 4. The van der Waals surface area contributed by atoms with Crippen molar-refractivity contribution in [2.45, 2.75) is 63.1 Å². The predicted molar refractivity (Wildman–Crippen MR) is 136 cm³/mol. The maximum absolute atomic E-state index is 12.0. The van der Waals surface area contributed by atoms with Crippen LogP contribution in [-0.2, 0) is 22.7 Å². The second-order valence-electron chi connectivity index (χ2n) is 9.88. The topological polar surface area (TPSA) is 83.1 Å². The number of nitrogens with one attached hydrogen (secondary N) is 2. The largest absolute Gasteiger partial charge is 0.445 e. The first-order valence-electron chi connectivity index (χ1n) is 13.1. The molecule has 0 saturated carbocycles. The van der Waals surface area contributed by atoms with Crippen LogP contribution < -0.4 is 10.6 Å². The molecule has 2 N–H and O–H groups in total. The summed E-state index contributed by atoms with van der Waals surface area (Å²) < 4.78 is 10.8. The molecule has 4 aliphatic rings. The lowest BCUT2D eigenvalue weighted by Crippen LogP contribution is -2.38. The monoisotopic (exact) mass is 492 g/mol. The first-order valence-corrected chi connectivity index (χ1v) is 13.1. The first-order chi connectivity index (χ1) is 17.7. The van der Waals surface area contributed by atoms with Gasteiger partial charge in [0.1, 0.15) is 13.2 Å². The van der Waals surface area contributed by atoms with Crippen LogP contribution in [0.5, 0.6) is 0 Å². The number of carbonyl (C=O) groups is 2. The van der Waals surface area contributed by atoms with E-state index in [-0.39, 0.29) is 12.2 Å². The summed E-state index contributed by atoms with van der Waals surface area (Å²) >= 11 is 0. The third-order valence-corrected chi connectivity index (χ3v) is 7.66. The number of carbonyl (C=O) groups excluding carboxylic acids is 2. The molecule has 4 saturated heterocycles. The van der Waals surface area contributed by atoms with E-state index in [9.17, 15) is 9.59 Å². The molecule has 2 aromatic rings. The number of likely N-dealkylation sites (tertiary alicyclic amines) is 2. The molecule has 4 atom stereocenters. The van der Waals surface area contributed by atoms with Gasteiger partial charge in [0, 0.05) is 25.2 Å². The molecule has 0 aliphatic carbocycles. The molecule has 0 spiro atoms. The zero-order valence-corrected chi connectivity index (χ0v) is 20.7. The summed E-state index contributed by atoms with van der Waals surface area (Å²) in [5, 5.41) is 6.86. The van der Waals surface area contributed by atoms with Crippen molar-refractivity contribution in [1.82, 2.24) is 20.4 Å². The highest BCUT2D eigenvalue weighted by Crippen LogP contribution is 2.26. The summed E-state index contributed by atoms with van der Waals surface area (Å²) in [6.07, 6.45) is 3.84. The molecule has 0 unspecified atom stereocenters. The molecule has 0 bridgehead atoms.